The van der Waals surface area contributed by atoms with Gasteiger partial charge in [-0.2, -0.15) is 0 Å². The van der Waals surface area contributed by atoms with Crippen LogP contribution >= 0.6 is 0 Å². The Hall–Kier alpha value is -2.41. The van der Waals surface area contributed by atoms with Gasteiger partial charge in [0.05, 0.1) is 6.04 Å². The van der Waals surface area contributed by atoms with Crippen LogP contribution in [0.4, 0.5) is 5.82 Å². The molecule has 4 rings (SSSR count). The van der Waals surface area contributed by atoms with Crippen molar-refractivity contribution >= 4 is 11.7 Å². The zero-order valence-electron chi connectivity index (χ0n) is 15.0. The molecule has 3 atom stereocenters. The van der Waals surface area contributed by atoms with Crippen LogP contribution in [0, 0.1) is 0 Å². The molecule has 2 saturated heterocycles. The molecule has 2 N–H and O–H groups in total. The summed E-state index contributed by atoms with van der Waals surface area (Å²) in [5, 5.41) is 7.35. The Bertz CT molecular complexity index is 762. The number of piperidine rings is 1. The summed E-state index contributed by atoms with van der Waals surface area (Å²) in [6.45, 7) is 1.75. The molecular weight excluding hydrogens is 330 g/mol. The molecule has 2 aliphatic rings. The van der Waals surface area contributed by atoms with Crippen molar-refractivity contribution < 1.29 is 9.42 Å². The van der Waals surface area contributed by atoms with E-state index >= 15 is 0 Å². The van der Waals surface area contributed by atoms with Crippen LogP contribution in [0.15, 0.2) is 35.0 Å². The highest BCUT2D eigenvalue weighted by molar-refractivity contribution is 5.96. The van der Waals surface area contributed by atoms with Gasteiger partial charge in [0, 0.05) is 18.5 Å². The minimum Gasteiger partial charge on any atom is -0.379 e. The smallest absolute Gasteiger partial charge is 0.280 e. The summed E-state index contributed by atoms with van der Waals surface area (Å²) in [7, 11) is 2.17. The van der Waals surface area contributed by atoms with Crippen molar-refractivity contribution in [3.8, 4) is 0 Å². The summed E-state index contributed by atoms with van der Waals surface area (Å²) < 4.78 is 4.67. The minimum absolute atomic E-state index is 0.0659. The first kappa shape index (κ1) is 17.0. The average molecular weight is 355 g/mol. The molecule has 7 heteroatoms. The lowest BCUT2D eigenvalue weighted by molar-refractivity contribution is 0.0339. The van der Waals surface area contributed by atoms with Crippen molar-refractivity contribution in [2.24, 2.45) is 0 Å². The van der Waals surface area contributed by atoms with Crippen LogP contribution in [0.3, 0.4) is 0 Å². The fraction of sp³-hybridized carbons (Fsp3) is 0.526. The number of aromatic nitrogens is 2. The van der Waals surface area contributed by atoms with Gasteiger partial charge in [0.15, 0.2) is 0 Å². The van der Waals surface area contributed by atoms with Crippen LogP contribution < -0.4 is 5.73 Å². The number of nitrogens with two attached hydrogens (primary N) is 1. The van der Waals surface area contributed by atoms with E-state index in [-0.39, 0.29) is 23.5 Å². The molecule has 2 aliphatic heterocycles. The molecule has 0 saturated carbocycles. The van der Waals surface area contributed by atoms with Gasteiger partial charge < -0.3 is 15.5 Å². The second kappa shape index (κ2) is 7.07. The van der Waals surface area contributed by atoms with E-state index in [1.165, 1.54) is 5.56 Å². The molecule has 1 aromatic heterocycles. The largest absolute Gasteiger partial charge is 0.379 e. The number of nitrogens with zero attached hydrogens (tertiary/aromatic N) is 4. The van der Waals surface area contributed by atoms with E-state index in [9.17, 15) is 4.79 Å². The monoisotopic (exact) mass is 355 g/mol. The summed E-state index contributed by atoms with van der Waals surface area (Å²) in [6, 6.07) is 11.0. The molecule has 138 valence electrons. The lowest BCUT2D eigenvalue weighted by atomic mass is 9.79. The Morgan fingerprint density at radius 1 is 1.15 bits per heavy atom. The van der Waals surface area contributed by atoms with Gasteiger partial charge in [0.25, 0.3) is 5.91 Å². The summed E-state index contributed by atoms with van der Waals surface area (Å²) in [5.74, 6) is 0.202. The van der Waals surface area contributed by atoms with E-state index in [1.807, 2.05) is 11.0 Å². The van der Waals surface area contributed by atoms with Crippen molar-refractivity contribution in [3.05, 3.63) is 41.6 Å². The number of anilines is 1. The van der Waals surface area contributed by atoms with Crippen molar-refractivity contribution in [2.45, 2.75) is 43.7 Å². The van der Waals surface area contributed by atoms with Crippen molar-refractivity contribution in [3.63, 3.8) is 0 Å². The van der Waals surface area contributed by atoms with Crippen LogP contribution in [0.25, 0.3) is 0 Å². The van der Waals surface area contributed by atoms with Gasteiger partial charge in [-0.25, -0.2) is 4.63 Å². The van der Waals surface area contributed by atoms with Gasteiger partial charge in [0.1, 0.15) is 0 Å². The lowest BCUT2D eigenvalue weighted by Gasteiger charge is -2.48. The zero-order valence-corrected chi connectivity index (χ0v) is 15.0. The normalized spacial score (nSPS) is 27.0. The molecule has 1 aromatic carbocycles. The maximum atomic E-state index is 13.2. The first-order chi connectivity index (χ1) is 12.7. The molecule has 2 aromatic rings. The molecule has 26 heavy (non-hydrogen) atoms. The Morgan fingerprint density at radius 3 is 2.69 bits per heavy atom. The van der Waals surface area contributed by atoms with E-state index in [1.54, 1.807) is 0 Å². The SMILES string of the molecule is CN1CC[C@H](c2ccccc2)[C@@H]2[C@H]1CCCCN2C(=O)c1nonc1N. The summed E-state index contributed by atoms with van der Waals surface area (Å²) in [6.07, 6.45) is 4.22. The van der Waals surface area contributed by atoms with Crippen LogP contribution in [0.2, 0.25) is 0 Å². The molecule has 0 spiro atoms. The number of fused-ring (bicyclic) bond motifs is 1. The van der Waals surface area contributed by atoms with Crippen LogP contribution in [-0.4, -0.2) is 58.2 Å². The van der Waals surface area contributed by atoms with E-state index in [0.717, 1.165) is 32.2 Å². The van der Waals surface area contributed by atoms with E-state index in [0.29, 0.717) is 18.5 Å². The van der Waals surface area contributed by atoms with E-state index in [4.69, 9.17) is 5.73 Å². The highest BCUT2D eigenvalue weighted by atomic mass is 16.6. The first-order valence-electron chi connectivity index (χ1n) is 9.31. The van der Waals surface area contributed by atoms with Gasteiger partial charge >= 0.3 is 0 Å². The maximum Gasteiger partial charge on any atom is 0.280 e. The van der Waals surface area contributed by atoms with Crippen molar-refractivity contribution in [1.29, 1.82) is 0 Å². The van der Waals surface area contributed by atoms with Gasteiger partial charge in [0.2, 0.25) is 11.5 Å². The Morgan fingerprint density at radius 2 is 1.96 bits per heavy atom. The molecule has 7 nitrogen and oxygen atoms in total. The van der Waals surface area contributed by atoms with Gasteiger partial charge in [-0.1, -0.05) is 36.8 Å². The highest BCUT2D eigenvalue weighted by Gasteiger charge is 2.44. The number of hydrogen-bond acceptors (Lipinski definition) is 6. The first-order valence-corrected chi connectivity index (χ1v) is 9.31. The van der Waals surface area contributed by atoms with E-state index < -0.39 is 0 Å². The highest BCUT2D eigenvalue weighted by Crippen LogP contribution is 2.38. The number of carbonyl (C=O) groups excluding carboxylic acids is 1. The number of likely N-dealkylation sites (N-methyl/N-ethyl adjacent to an activating group) is 1. The number of likely N-dealkylation sites (tertiary alicyclic amines) is 2. The van der Waals surface area contributed by atoms with Crippen LogP contribution in [0.5, 0.6) is 0 Å². The van der Waals surface area contributed by atoms with Gasteiger partial charge in [-0.15, -0.1) is 0 Å². The van der Waals surface area contributed by atoms with Crippen molar-refractivity contribution in [1.82, 2.24) is 20.1 Å². The number of amides is 1. The number of hydrogen-bond donors (Lipinski definition) is 1. The minimum atomic E-state index is -0.170. The summed E-state index contributed by atoms with van der Waals surface area (Å²) >= 11 is 0. The number of carbonyl (C=O) groups is 1. The number of rotatable bonds is 2. The molecule has 1 amide bonds. The maximum absolute atomic E-state index is 13.2. The summed E-state index contributed by atoms with van der Waals surface area (Å²) in [5.41, 5.74) is 7.23. The fourth-order valence-corrected chi connectivity index (χ4v) is 4.59. The molecule has 0 unspecified atom stereocenters. The molecule has 2 fully saturated rings. The van der Waals surface area contributed by atoms with E-state index in [2.05, 4.69) is 51.2 Å². The quantitative estimate of drug-likeness (QED) is 0.888. The van der Waals surface area contributed by atoms with Crippen LogP contribution in [-0.2, 0) is 0 Å². The molecule has 0 bridgehead atoms. The molecular formula is C19H25N5O2. The standard InChI is InChI=1S/C19H25N5O2/c1-23-12-10-14(13-7-3-2-4-8-13)17-15(23)9-5-6-11-24(17)19(25)16-18(20)22-26-21-16/h2-4,7-8,14-15,17H,5-6,9-12H2,1H3,(H2,20,22)/t14-,15-,17-/m1/s1. The third kappa shape index (κ3) is 2.96. The number of benzene rings is 1. The predicted molar refractivity (Wildman–Crippen MR) is 97.6 cm³/mol. The third-order valence-corrected chi connectivity index (χ3v) is 5.88. The Labute approximate surface area is 153 Å². The zero-order chi connectivity index (χ0) is 18.1. The summed E-state index contributed by atoms with van der Waals surface area (Å²) in [4.78, 5) is 17.6. The molecule has 0 radical (unpaired) electrons. The molecule has 3 heterocycles. The Kier molecular flexibility index (Phi) is 4.63. The Balaban J connectivity index is 1.74. The van der Waals surface area contributed by atoms with Gasteiger partial charge in [-0.3, -0.25) is 4.79 Å². The second-order valence-electron chi connectivity index (χ2n) is 7.34. The van der Waals surface area contributed by atoms with Gasteiger partial charge in [-0.05, 0) is 48.7 Å². The lowest BCUT2D eigenvalue weighted by Crippen LogP contribution is -2.58. The second-order valence-corrected chi connectivity index (χ2v) is 7.34. The fourth-order valence-electron chi connectivity index (χ4n) is 4.59. The average Bonchev–Trinajstić information content (AvgIpc) is 2.96. The molecule has 0 aliphatic carbocycles. The predicted octanol–water partition coefficient (Wildman–Crippen LogP) is 2.13. The third-order valence-electron chi connectivity index (χ3n) is 5.88. The van der Waals surface area contributed by atoms with Crippen LogP contribution in [0.1, 0.15) is 47.7 Å². The topological polar surface area (TPSA) is 88.5 Å². The van der Waals surface area contributed by atoms with Crippen molar-refractivity contribution in [2.75, 3.05) is 25.9 Å². The number of nitrogen functional groups attached to an aromatic ring is 1.